The Labute approximate surface area is 208 Å². The molecule has 34 heavy (non-hydrogen) atoms. The number of rotatable bonds is 7. The van der Waals surface area contributed by atoms with Gasteiger partial charge in [-0.3, -0.25) is 9.69 Å². The van der Waals surface area contributed by atoms with Crippen molar-refractivity contribution in [3.05, 3.63) is 88.7 Å². The number of nitrogens with one attached hydrogen (secondary N) is 1. The third-order valence-electron chi connectivity index (χ3n) is 6.10. The van der Waals surface area contributed by atoms with Crippen LogP contribution in [0.15, 0.2) is 66.7 Å². The van der Waals surface area contributed by atoms with Crippen LogP contribution in [-0.4, -0.2) is 59.4 Å². The Morgan fingerprint density at radius 3 is 2.53 bits per heavy atom. The van der Waals surface area contributed by atoms with Crippen molar-refractivity contribution in [3.63, 3.8) is 0 Å². The van der Waals surface area contributed by atoms with Gasteiger partial charge in [0.05, 0.1) is 0 Å². The maximum Gasteiger partial charge on any atom is 0.251 e. The van der Waals surface area contributed by atoms with E-state index in [1.807, 2.05) is 60.7 Å². The van der Waals surface area contributed by atoms with Gasteiger partial charge >= 0.3 is 0 Å². The molecule has 3 aromatic carbocycles. The molecule has 5 rings (SSSR count). The van der Waals surface area contributed by atoms with Crippen LogP contribution in [0.2, 0.25) is 5.02 Å². The summed E-state index contributed by atoms with van der Waals surface area (Å²) in [4.78, 5) is 22.0. The smallest absolute Gasteiger partial charge is 0.251 e. The lowest BCUT2D eigenvalue weighted by molar-refractivity contribution is 0.0948. The first-order chi connectivity index (χ1) is 16.6. The second kappa shape index (κ2) is 10.5. The van der Waals surface area contributed by atoms with Crippen molar-refractivity contribution in [2.24, 2.45) is 0 Å². The van der Waals surface area contributed by atoms with Crippen LogP contribution >= 0.6 is 23.1 Å². The largest absolute Gasteiger partial charge is 0.351 e. The van der Waals surface area contributed by atoms with Crippen molar-refractivity contribution in [3.8, 4) is 0 Å². The molecule has 0 atom stereocenters. The molecule has 0 spiro atoms. The van der Waals surface area contributed by atoms with Gasteiger partial charge in [-0.25, -0.2) is 4.98 Å². The SMILES string of the molecule is O=C(NCCN1CCN(c2nc(Cc3ccc(Cl)cc3)ns2)CC1)c1ccc2ccccc2c1. The molecule has 0 unspecified atom stereocenters. The van der Waals surface area contributed by atoms with E-state index in [1.165, 1.54) is 11.5 Å². The summed E-state index contributed by atoms with van der Waals surface area (Å²) in [6.07, 6.45) is 0.713. The van der Waals surface area contributed by atoms with E-state index in [1.54, 1.807) is 0 Å². The van der Waals surface area contributed by atoms with E-state index in [-0.39, 0.29) is 5.91 Å². The van der Waals surface area contributed by atoms with E-state index in [4.69, 9.17) is 16.6 Å². The summed E-state index contributed by atoms with van der Waals surface area (Å²) in [5, 5.41) is 7.00. The van der Waals surface area contributed by atoms with Crippen LogP contribution in [0.25, 0.3) is 10.8 Å². The summed E-state index contributed by atoms with van der Waals surface area (Å²) in [6.45, 7) is 5.18. The van der Waals surface area contributed by atoms with Gasteiger partial charge in [-0.15, -0.1) is 0 Å². The second-order valence-corrected chi connectivity index (χ2v) is 9.61. The van der Waals surface area contributed by atoms with Crippen molar-refractivity contribution in [1.82, 2.24) is 19.6 Å². The molecule has 0 aliphatic carbocycles. The molecule has 6 nitrogen and oxygen atoms in total. The van der Waals surface area contributed by atoms with Gasteiger partial charge in [0, 0.05) is 67.8 Å². The van der Waals surface area contributed by atoms with Crippen LogP contribution < -0.4 is 10.2 Å². The molecule has 0 bridgehead atoms. The van der Waals surface area contributed by atoms with Crippen LogP contribution in [0.5, 0.6) is 0 Å². The summed E-state index contributed by atoms with van der Waals surface area (Å²) >= 11 is 7.43. The quantitative estimate of drug-likeness (QED) is 0.413. The highest BCUT2D eigenvalue weighted by Crippen LogP contribution is 2.21. The average Bonchev–Trinajstić information content (AvgIpc) is 3.34. The molecule has 8 heteroatoms. The van der Waals surface area contributed by atoms with E-state index in [9.17, 15) is 4.79 Å². The highest BCUT2D eigenvalue weighted by atomic mass is 35.5. The van der Waals surface area contributed by atoms with Gasteiger partial charge in [0.1, 0.15) is 5.82 Å². The lowest BCUT2D eigenvalue weighted by atomic mass is 10.1. The van der Waals surface area contributed by atoms with Gasteiger partial charge in [-0.05, 0) is 40.6 Å². The minimum absolute atomic E-state index is 0.0218. The van der Waals surface area contributed by atoms with Crippen molar-refractivity contribution in [1.29, 1.82) is 0 Å². The number of hydrogen-bond acceptors (Lipinski definition) is 6. The average molecular weight is 492 g/mol. The molecule has 1 aliphatic heterocycles. The Morgan fingerprint density at radius 2 is 1.74 bits per heavy atom. The zero-order valence-electron chi connectivity index (χ0n) is 18.8. The first kappa shape index (κ1) is 22.8. The van der Waals surface area contributed by atoms with Gasteiger partial charge in [-0.2, -0.15) is 4.37 Å². The molecular weight excluding hydrogens is 466 g/mol. The summed E-state index contributed by atoms with van der Waals surface area (Å²) in [6, 6.07) is 21.7. The lowest BCUT2D eigenvalue weighted by Crippen LogP contribution is -2.48. The first-order valence-electron chi connectivity index (χ1n) is 11.5. The molecule has 4 aromatic rings. The Balaban J connectivity index is 1.07. The Hall–Kier alpha value is -3.00. The summed E-state index contributed by atoms with van der Waals surface area (Å²) in [7, 11) is 0. The zero-order valence-corrected chi connectivity index (χ0v) is 20.4. The summed E-state index contributed by atoms with van der Waals surface area (Å²) in [5.41, 5.74) is 1.86. The van der Waals surface area contributed by atoms with E-state index in [0.717, 1.165) is 65.0 Å². The fraction of sp³-hybridized carbons (Fsp3) is 0.269. The molecular formula is C26H26ClN5OS. The molecule has 0 radical (unpaired) electrons. The third kappa shape index (κ3) is 5.55. The Morgan fingerprint density at radius 1 is 0.971 bits per heavy atom. The second-order valence-electron chi connectivity index (χ2n) is 8.44. The topological polar surface area (TPSA) is 61.4 Å². The maximum absolute atomic E-state index is 12.6. The van der Waals surface area contributed by atoms with Crippen LogP contribution in [0.3, 0.4) is 0 Å². The van der Waals surface area contributed by atoms with Gasteiger partial charge in [-0.1, -0.05) is 54.1 Å². The number of hydrogen-bond donors (Lipinski definition) is 1. The van der Waals surface area contributed by atoms with Gasteiger partial charge in [0.2, 0.25) is 5.13 Å². The van der Waals surface area contributed by atoms with Gasteiger partial charge in [0.25, 0.3) is 5.91 Å². The van der Waals surface area contributed by atoms with Gasteiger partial charge < -0.3 is 10.2 Å². The minimum atomic E-state index is -0.0218. The standard InChI is InChI=1S/C26H26ClN5OS/c27-23-9-5-19(6-10-23)17-24-29-26(34-30-24)32-15-13-31(14-16-32)12-11-28-25(33)22-8-7-20-3-1-2-4-21(20)18-22/h1-10,18H,11-17H2,(H,28,33). The summed E-state index contributed by atoms with van der Waals surface area (Å²) < 4.78 is 4.54. The molecule has 1 amide bonds. The lowest BCUT2D eigenvalue weighted by Gasteiger charge is -2.34. The number of carbonyl (C=O) groups excluding carboxylic acids is 1. The monoisotopic (exact) mass is 491 g/mol. The molecule has 2 heterocycles. The highest BCUT2D eigenvalue weighted by Gasteiger charge is 2.20. The third-order valence-corrected chi connectivity index (χ3v) is 7.17. The van der Waals surface area contributed by atoms with E-state index in [0.29, 0.717) is 18.5 Å². The van der Waals surface area contributed by atoms with E-state index < -0.39 is 0 Å². The fourth-order valence-electron chi connectivity index (χ4n) is 4.15. The Bertz CT molecular complexity index is 1270. The van der Waals surface area contributed by atoms with Crippen molar-refractivity contribution < 1.29 is 4.79 Å². The normalized spacial score (nSPS) is 14.4. The predicted molar refractivity (Wildman–Crippen MR) is 139 cm³/mol. The van der Waals surface area contributed by atoms with Crippen molar-refractivity contribution in [2.75, 3.05) is 44.2 Å². The van der Waals surface area contributed by atoms with Crippen molar-refractivity contribution >= 4 is 44.9 Å². The predicted octanol–water partition coefficient (Wildman–Crippen LogP) is 4.49. The molecule has 1 N–H and O–H groups in total. The van der Waals surface area contributed by atoms with E-state index in [2.05, 4.69) is 25.6 Å². The minimum Gasteiger partial charge on any atom is -0.351 e. The van der Waals surface area contributed by atoms with Gasteiger partial charge in [0.15, 0.2) is 0 Å². The number of nitrogens with zero attached hydrogens (tertiary/aromatic N) is 4. The number of amides is 1. The van der Waals surface area contributed by atoms with Crippen molar-refractivity contribution in [2.45, 2.75) is 6.42 Å². The fourth-order valence-corrected chi connectivity index (χ4v) is 5.02. The van der Waals surface area contributed by atoms with Crippen LogP contribution in [0.4, 0.5) is 5.13 Å². The number of anilines is 1. The maximum atomic E-state index is 12.6. The molecule has 1 fully saturated rings. The number of carbonyl (C=O) groups is 1. The number of aromatic nitrogens is 2. The Kier molecular flexibility index (Phi) is 7.04. The highest BCUT2D eigenvalue weighted by molar-refractivity contribution is 7.09. The summed E-state index contributed by atoms with van der Waals surface area (Å²) in [5.74, 6) is 0.827. The van der Waals surface area contributed by atoms with Crippen LogP contribution in [-0.2, 0) is 6.42 Å². The van der Waals surface area contributed by atoms with Crippen LogP contribution in [0.1, 0.15) is 21.7 Å². The first-order valence-corrected chi connectivity index (χ1v) is 12.6. The number of benzene rings is 3. The number of fused-ring (bicyclic) bond motifs is 1. The van der Waals surface area contributed by atoms with Crippen LogP contribution in [0, 0.1) is 0 Å². The molecule has 1 aromatic heterocycles. The van der Waals surface area contributed by atoms with E-state index >= 15 is 0 Å². The molecule has 0 saturated carbocycles. The zero-order chi connectivity index (χ0) is 23.3. The number of piperazine rings is 1. The number of halogens is 1. The molecule has 1 saturated heterocycles. The molecule has 174 valence electrons. The molecule has 1 aliphatic rings.